The standard InChI is InChI=1S/C24H38N4O2/c1-17(2)22(26-23(29)18(3)25-4)24(30)28-15-12-20-11-14-27(16-21(20)28)13-10-19-8-6-5-7-9-19/h5-9,17-18,20-22,25H,10-16H2,1-4H3,(H,26,29)/t18?,20?,21?,22-/m0/s1. The number of carbonyl (C=O) groups is 2. The van der Waals surface area contributed by atoms with E-state index in [9.17, 15) is 9.59 Å². The van der Waals surface area contributed by atoms with Crippen molar-refractivity contribution in [2.75, 3.05) is 33.2 Å². The number of nitrogens with zero attached hydrogens (tertiary/aromatic N) is 2. The van der Waals surface area contributed by atoms with E-state index >= 15 is 0 Å². The van der Waals surface area contributed by atoms with E-state index in [-0.39, 0.29) is 29.8 Å². The number of hydrogen-bond acceptors (Lipinski definition) is 4. The zero-order chi connectivity index (χ0) is 21.7. The first-order valence-corrected chi connectivity index (χ1v) is 11.4. The van der Waals surface area contributed by atoms with E-state index in [0.29, 0.717) is 5.92 Å². The molecule has 2 aliphatic rings. The van der Waals surface area contributed by atoms with E-state index in [4.69, 9.17) is 0 Å². The highest BCUT2D eigenvalue weighted by molar-refractivity contribution is 5.90. The Bertz CT molecular complexity index is 708. The van der Waals surface area contributed by atoms with Crippen LogP contribution in [0.4, 0.5) is 0 Å². The summed E-state index contributed by atoms with van der Waals surface area (Å²) in [4.78, 5) is 30.4. The van der Waals surface area contributed by atoms with Crippen LogP contribution in [0.1, 0.15) is 39.2 Å². The Morgan fingerprint density at radius 3 is 2.47 bits per heavy atom. The van der Waals surface area contributed by atoms with Crippen molar-refractivity contribution in [3.05, 3.63) is 35.9 Å². The molecule has 4 atom stereocenters. The number of fused-ring (bicyclic) bond motifs is 1. The lowest BCUT2D eigenvalue weighted by Crippen LogP contribution is -2.58. The molecular weight excluding hydrogens is 376 g/mol. The Labute approximate surface area is 181 Å². The summed E-state index contributed by atoms with van der Waals surface area (Å²) in [6.45, 7) is 9.71. The van der Waals surface area contributed by atoms with E-state index in [1.54, 1.807) is 7.05 Å². The number of likely N-dealkylation sites (N-methyl/N-ethyl adjacent to an activating group) is 1. The summed E-state index contributed by atoms with van der Waals surface area (Å²) >= 11 is 0. The third kappa shape index (κ3) is 5.41. The van der Waals surface area contributed by atoms with Gasteiger partial charge in [0.05, 0.1) is 6.04 Å². The predicted molar refractivity (Wildman–Crippen MR) is 120 cm³/mol. The first-order chi connectivity index (χ1) is 14.4. The van der Waals surface area contributed by atoms with Gasteiger partial charge in [-0.15, -0.1) is 0 Å². The van der Waals surface area contributed by atoms with Gasteiger partial charge < -0.3 is 20.4 Å². The zero-order valence-corrected chi connectivity index (χ0v) is 18.9. The van der Waals surface area contributed by atoms with Gasteiger partial charge in [-0.05, 0) is 57.2 Å². The third-order valence-corrected chi connectivity index (χ3v) is 6.85. The molecule has 3 rings (SSSR count). The molecule has 2 saturated heterocycles. The van der Waals surface area contributed by atoms with Gasteiger partial charge in [-0.2, -0.15) is 0 Å². The van der Waals surface area contributed by atoms with Gasteiger partial charge in [0.2, 0.25) is 11.8 Å². The Morgan fingerprint density at radius 2 is 1.80 bits per heavy atom. The number of nitrogens with one attached hydrogen (secondary N) is 2. The van der Waals surface area contributed by atoms with Gasteiger partial charge in [-0.1, -0.05) is 44.2 Å². The first kappa shape index (κ1) is 22.8. The van der Waals surface area contributed by atoms with Crippen LogP contribution in [0.3, 0.4) is 0 Å². The molecule has 2 aliphatic heterocycles. The molecule has 0 saturated carbocycles. The number of likely N-dealkylation sites (tertiary alicyclic amines) is 2. The monoisotopic (exact) mass is 414 g/mol. The second-order valence-corrected chi connectivity index (χ2v) is 9.21. The fraction of sp³-hybridized carbons (Fsp3) is 0.667. The predicted octanol–water partition coefficient (Wildman–Crippen LogP) is 1.90. The van der Waals surface area contributed by atoms with Crippen LogP contribution in [0, 0.1) is 11.8 Å². The summed E-state index contributed by atoms with van der Waals surface area (Å²) in [6.07, 6.45) is 3.27. The number of rotatable bonds is 8. The lowest BCUT2D eigenvalue weighted by Gasteiger charge is -2.40. The molecule has 2 fully saturated rings. The Kier molecular flexibility index (Phi) is 7.89. The van der Waals surface area contributed by atoms with Crippen LogP contribution in [0.25, 0.3) is 0 Å². The minimum Gasteiger partial charge on any atom is -0.343 e. The molecule has 2 heterocycles. The van der Waals surface area contributed by atoms with Crippen molar-refractivity contribution in [2.24, 2.45) is 11.8 Å². The molecule has 1 aromatic carbocycles. The zero-order valence-electron chi connectivity index (χ0n) is 18.9. The largest absolute Gasteiger partial charge is 0.343 e. The molecule has 6 heteroatoms. The summed E-state index contributed by atoms with van der Waals surface area (Å²) in [5.41, 5.74) is 1.36. The van der Waals surface area contributed by atoms with E-state index in [1.165, 1.54) is 5.56 Å². The summed E-state index contributed by atoms with van der Waals surface area (Å²) in [5, 5.41) is 5.94. The number of hydrogen-bond donors (Lipinski definition) is 2. The highest BCUT2D eigenvalue weighted by Crippen LogP contribution is 2.32. The molecule has 1 aromatic rings. The maximum absolute atomic E-state index is 13.4. The SMILES string of the molecule is CNC(C)C(=O)N[C@H](C(=O)N1CCC2CCN(CCc3ccccc3)CC21)C(C)C. The van der Waals surface area contributed by atoms with E-state index < -0.39 is 6.04 Å². The van der Waals surface area contributed by atoms with Gasteiger partial charge in [-0.25, -0.2) is 0 Å². The second-order valence-electron chi connectivity index (χ2n) is 9.21. The number of benzene rings is 1. The number of piperidine rings is 1. The van der Waals surface area contributed by atoms with Crippen molar-refractivity contribution in [1.82, 2.24) is 20.4 Å². The fourth-order valence-electron chi connectivity index (χ4n) is 4.72. The highest BCUT2D eigenvalue weighted by atomic mass is 16.2. The van der Waals surface area contributed by atoms with Gasteiger partial charge in [0.1, 0.15) is 6.04 Å². The van der Waals surface area contributed by atoms with Gasteiger partial charge in [-0.3, -0.25) is 9.59 Å². The van der Waals surface area contributed by atoms with Crippen molar-refractivity contribution in [2.45, 2.75) is 58.2 Å². The van der Waals surface area contributed by atoms with E-state index in [0.717, 1.165) is 45.4 Å². The van der Waals surface area contributed by atoms with Crippen molar-refractivity contribution in [1.29, 1.82) is 0 Å². The van der Waals surface area contributed by atoms with Crippen molar-refractivity contribution < 1.29 is 9.59 Å². The molecule has 2 amide bonds. The molecule has 3 unspecified atom stereocenters. The Morgan fingerprint density at radius 1 is 1.10 bits per heavy atom. The van der Waals surface area contributed by atoms with Crippen molar-refractivity contribution in [3.63, 3.8) is 0 Å². The number of amides is 2. The van der Waals surface area contributed by atoms with Crippen LogP contribution >= 0.6 is 0 Å². The smallest absolute Gasteiger partial charge is 0.245 e. The second kappa shape index (κ2) is 10.4. The molecule has 6 nitrogen and oxygen atoms in total. The number of carbonyl (C=O) groups excluding carboxylic acids is 2. The summed E-state index contributed by atoms with van der Waals surface area (Å²) in [7, 11) is 1.76. The van der Waals surface area contributed by atoms with Gasteiger partial charge in [0, 0.05) is 25.7 Å². The molecule has 0 aliphatic carbocycles. The molecule has 0 bridgehead atoms. The minimum atomic E-state index is -0.466. The van der Waals surface area contributed by atoms with Gasteiger partial charge in [0.25, 0.3) is 0 Å². The van der Waals surface area contributed by atoms with Crippen molar-refractivity contribution in [3.8, 4) is 0 Å². The first-order valence-electron chi connectivity index (χ1n) is 11.4. The van der Waals surface area contributed by atoms with Gasteiger partial charge >= 0.3 is 0 Å². The van der Waals surface area contributed by atoms with Crippen LogP contribution in [0.15, 0.2) is 30.3 Å². The Balaban J connectivity index is 1.62. The van der Waals surface area contributed by atoms with Crippen LogP contribution in [-0.4, -0.2) is 73.0 Å². The third-order valence-electron chi connectivity index (χ3n) is 6.85. The van der Waals surface area contributed by atoms with Crippen LogP contribution in [0.2, 0.25) is 0 Å². The van der Waals surface area contributed by atoms with E-state index in [1.807, 2.05) is 20.8 Å². The van der Waals surface area contributed by atoms with Crippen LogP contribution in [0.5, 0.6) is 0 Å². The summed E-state index contributed by atoms with van der Waals surface area (Å²) < 4.78 is 0. The maximum atomic E-state index is 13.4. The highest BCUT2D eigenvalue weighted by Gasteiger charge is 2.43. The lowest BCUT2D eigenvalue weighted by atomic mass is 9.91. The molecule has 2 N–H and O–H groups in total. The molecular formula is C24H38N4O2. The Hall–Kier alpha value is -1.92. The average Bonchev–Trinajstić information content (AvgIpc) is 3.18. The van der Waals surface area contributed by atoms with Gasteiger partial charge in [0.15, 0.2) is 0 Å². The van der Waals surface area contributed by atoms with Crippen molar-refractivity contribution >= 4 is 11.8 Å². The molecule has 30 heavy (non-hydrogen) atoms. The molecule has 166 valence electrons. The average molecular weight is 415 g/mol. The normalized spacial score (nSPS) is 23.8. The fourth-order valence-corrected chi connectivity index (χ4v) is 4.72. The lowest BCUT2D eigenvalue weighted by molar-refractivity contribution is -0.139. The quantitative estimate of drug-likeness (QED) is 0.682. The summed E-state index contributed by atoms with van der Waals surface area (Å²) in [6, 6.07) is 10.1. The topological polar surface area (TPSA) is 64.7 Å². The minimum absolute atomic E-state index is 0.0577. The van der Waals surface area contributed by atoms with Crippen LogP contribution < -0.4 is 10.6 Å². The molecule has 0 radical (unpaired) electrons. The molecule has 0 aromatic heterocycles. The molecule has 0 spiro atoms. The maximum Gasteiger partial charge on any atom is 0.245 e. The summed E-state index contributed by atoms with van der Waals surface area (Å²) in [5.74, 6) is 0.608. The van der Waals surface area contributed by atoms with E-state index in [2.05, 4.69) is 50.8 Å². The van der Waals surface area contributed by atoms with Crippen LogP contribution in [-0.2, 0) is 16.0 Å².